The minimum absolute atomic E-state index is 0.0120. The molecule has 0 bridgehead atoms. The maximum atomic E-state index is 6.55. The summed E-state index contributed by atoms with van der Waals surface area (Å²) in [7, 11) is 3.35. The van der Waals surface area contributed by atoms with Crippen molar-refractivity contribution in [2.45, 2.75) is 25.1 Å². The van der Waals surface area contributed by atoms with Gasteiger partial charge >= 0.3 is 0 Å². The summed E-state index contributed by atoms with van der Waals surface area (Å²) < 4.78 is 10.4. The smallest absolute Gasteiger partial charge is 0.119 e. The molecule has 0 amide bonds. The van der Waals surface area contributed by atoms with Gasteiger partial charge in [-0.05, 0) is 60.7 Å². The molecule has 1 unspecified atom stereocenters. The highest BCUT2D eigenvalue weighted by Gasteiger charge is 2.11. The molecule has 1 atom stereocenters. The maximum Gasteiger partial charge on any atom is 0.119 e. The highest BCUT2D eigenvalue weighted by molar-refractivity contribution is 6.20. The summed E-state index contributed by atoms with van der Waals surface area (Å²) in [5.74, 6) is 1.75. The molecule has 2 aromatic carbocycles. The van der Waals surface area contributed by atoms with Gasteiger partial charge in [0.05, 0.1) is 19.6 Å². The summed E-state index contributed by atoms with van der Waals surface area (Å²) in [4.78, 5) is 0. The first-order valence-corrected chi connectivity index (χ1v) is 7.49. The van der Waals surface area contributed by atoms with E-state index in [2.05, 4.69) is 25.1 Å². The molecular formula is C18H21ClO2. The Bertz CT molecular complexity index is 578. The molecule has 21 heavy (non-hydrogen) atoms. The fourth-order valence-electron chi connectivity index (χ4n) is 2.37. The molecular weight excluding hydrogens is 284 g/mol. The normalized spacial score (nSPS) is 12.0. The second-order valence-electron chi connectivity index (χ2n) is 5.08. The Morgan fingerprint density at radius 1 is 0.952 bits per heavy atom. The average molecular weight is 305 g/mol. The van der Waals surface area contributed by atoms with E-state index in [1.807, 2.05) is 24.3 Å². The van der Waals surface area contributed by atoms with E-state index in [4.69, 9.17) is 21.1 Å². The van der Waals surface area contributed by atoms with Crippen molar-refractivity contribution in [1.82, 2.24) is 0 Å². The average Bonchev–Trinajstić information content (AvgIpc) is 2.52. The van der Waals surface area contributed by atoms with Crippen LogP contribution in [0.3, 0.4) is 0 Å². The molecule has 0 spiro atoms. The standard InChI is InChI=1S/C18H21ClO2/c1-13-12-16(21-3)9-10-17(13)18(19)11-6-14-4-7-15(20-2)8-5-14/h4-5,7-10,12,18H,6,11H2,1-3H3. The number of ether oxygens (including phenoxy) is 2. The van der Waals surface area contributed by atoms with Crippen LogP contribution in [0, 0.1) is 6.92 Å². The number of hydrogen-bond donors (Lipinski definition) is 0. The zero-order valence-electron chi connectivity index (χ0n) is 12.7. The summed E-state index contributed by atoms with van der Waals surface area (Å²) in [5, 5.41) is 0.0120. The van der Waals surface area contributed by atoms with E-state index < -0.39 is 0 Å². The molecule has 2 nitrogen and oxygen atoms in total. The predicted molar refractivity (Wildman–Crippen MR) is 87.6 cm³/mol. The van der Waals surface area contributed by atoms with Crippen LogP contribution in [0.2, 0.25) is 0 Å². The molecule has 112 valence electrons. The fourth-order valence-corrected chi connectivity index (χ4v) is 2.72. The van der Waals surface area contributed by atoms with E-state index in [9.17, 15) is 0 Å². The molecule has 0 heterocycles. The van der Waals surface area contributed by atoms with E-state index >= 15 is 0 Å². The van der Waals surface area contributed by atoms with Gasteiger partial charge in [-0.1, -0.05) is 18.2 Å². The van der Waals surface area contributed by atoms with Crippen molar-refractivity contribution in [2.75, 3.05) is 14.2 Å². The van der Waals surface area contributed by atoms with Crippen molar-refractivity contribution in [3.63, 3.8) is 0 Å². The summed E-state index contributed by atoms with van der Waals surface area (Å²) in [5.41, 5.74) is 3.61. The zero-order chi connectivity index (χ0) is 15.2. The molecule has 0 radical (unpaired) electrons. The molecule has 0 aromatic heterocycles. The number of halogens is 1. The van der Waals surface area contributed by atoms with E-state index in [-0.39, 0.29) is 5.38 Å². The lowest BCUT2D eigenvalue weighted by Gasteiger charge is -2.14. The van der Waals surface area contributed by atoms with Gasteiger partial charge < -0.3 is 9.47 Å². The SMILES string of the molecule is COc1ccc(CCC(Cl)c2ccc(OC)cc2C)cc1. The van der Waals surface area contributed by atoms with Crippen LogP contribution in [0.4, 0.5) is 0 Å². The fraction of sp³-hybridized carbons (Fsp3) is 0.333. The van der Waals surface area contributed by atoms with Crippen LogP contribution in [-0.4, -0.2) is 14.2 Å². The lowest BCUT2D eigenvalue weighted by atomic mass is 10.00. The number of hydrogen-bond acceptors (Lipinski definition) is 2. The van der Waals surface area contributed by atoms with Crippen molar-refractivity contribution < 1.29 is 9.47 Å². The van der Waals surface area contributed by atoms with Crippen molar-refractivity contribution >= 4 is 11.6 Å². The van der Waals surface area contributed by atoms with Crippen molar-refractivity contribution in [2.24, 2.45) is 0 Å². The van der Waals surface area contributed by atoms with Crippen LogP contribution in [0.15, 0.2) is 42.5 Å². The number of rotatable bonds is 6. The highest BCUT2D eigenvalue weighted by atomic mass is 35.5. The molecule has 0 fully saturated rings. The monoisotopic (exact) mass is 304 g/mol. The largest absolute Gasteiger partial charge is 0.497 e. The zero-order valence-corrected chi connectivity index (χ0v) is 13.5. The van der Waals surface area contributed by atoms with Gasteiger partial charge in [0, 0.05) is 0 Å². The van der Waals surface area contributed by atoms with E-state index in [1.165, 1.54) is 16.7 Å². The van der Waals surface area contributed by atoms with Gasteiger partial charge in [-0.3, -0.25) is 0 Å². The van der Waals surface area contributed by atoms with Gasteiger partial charge in [0.25, 0.3) is 0 Å². The van der Waals surface area contributed by atoms with Crippen LogP contribution >= 0.6 is 11.6 Å². The Kier molecular flexibility index (Phi) is 5.51. The van der Waals surface area contributed by atoms with E-state index in [0.29, 0.717) is 0 Å². The molecule has 0 N–H and O–H groups in total. The molecule has 0 aliphatic heterocycles. The number of alkyl halides is 1. The van der Waals surface area contributed by atoms with Gasteiger partial charge in [0.2, 0.25) is 0 Å². The first kappa shape index (κ1) is 15.7. The summed E-state index contributed by atoms with van der Waals surface area (Å²) in [6.07, 6.45) is 1.85. The summed E-state index contributed by atoms with van der Waals surface area (Å²) in [6.45, 7) is 2.07. The Labute approximate surface area is 131 Å². The third kappa shape index (κ3) is 4.15. The van der Waals surface area contributed by atoms with Crippen molar-refractivity contribution in [1.29, 1.82) is 0 Å². The first-order chi connectivity index (χ1) is 10.1. The second kappa shape index (κ2) is 7.37. The summed E-state index contributed by atoms with van der Waals surface area (Å²) in [6, 6.07) is 14.2. The van der Waals surface area contributed by atoms with E-state index in [0.717, 1.165) is 24.3 Å². The van der Waals surface area contributed by atoms with Crippen LogP contribution < -0.4 is 9.47 Å². The second-order valence-corrected chi connectivity index (χ2v) is 5.60. The van der Waals surface area contributed by atoms with Crippen LogP contribution in [0.1, 0.15) is 28.5 Å². The Balaban J connectivity index is 1.99. The molecule has 0 aliphatic rings. The van der Waals surface area contributed by atoms with Gasteiger partial charge in [-0.2, -0.15) is 0 Å². The van der Waals surface area contributed by atoms with Crippen LogP contribution in [0.5, 0.6) is 11.5 Å². The quantitative estimate of drug-likeness (QED) is 0.705. The Hall–Kier alpha value is -1.67. The van der Waals surface area contributed by atoms with Crippen molar-refractivity contribution in [3.05, 3.63) is 59.2 Å². The number of methoxy groups -OCH3 is 2. The molecule has 2 aromatic rings. The van der Waals surface area contributed by atoms with E-state index in [1.54, 1.807) is 14.2 Å². The molecule has 3 heteroatoms. The van der Waals surface area contributed by atoms with Gasteiger partial charge in [0.15, 0.2) is 0 Å². The number of aryl methyl sites for hydroxylation is 2. The third-order valence-electron chi connectivity index (χ3n) is 3.66. The minimum Gasteiger partial charge on any atom is -0.497 e. The van der Waals surface area contributed by atoms with Crippen LogP contribution in [-0.2, 0) is 6.42 Å². The first-order valence-electron chi connectivity index (χ1n) is 7.05. The predicted octanol–water partition coefficient (Wildman–Crippen LogP) is 4.92. The molecule has 0 aliphatic carbocycles. The van der Waals surface area contributed by atoms with Gasteiger partial charge in [0.1, 0.15) is 11.5 Å². The number of benzene rings is 2. The molecule has 2 rings (SSSR count). The lowest BCUT2D eigenvalue weighted by molar-refractivity contribution is 0.414. The highest BCUT2D eigenvalue weighted by Crippen LogP contribution is 2.30. The summed E-state index contributed by atoms with van der Waals surface area (Å²) >= 11 is 6.55. The minimum atomic E-state index is 0.0120. The van der Waals surface area contributed by atoms with Crippen LogP contribution in [0.25, 0.3) is 0 Å². The Morgan fingerprint density at radius 3 is 2.14 bits per heavy atom. The Morgan fingerprint density at radius 2 is 1.57 bits per heavy atom. The van der Waals surface area contributed by atoms with Crippen molar-refractivity contribution in [3.8, 4) is 11.5 Å². The maximum absolute atomic E-state index is 6.55. The molecule has 0 saturated carbocycles. The van der Waals surface area contributed by atoms with Gasteiger partial charge in [-0.15, -0.1) is 11.6 Å². The lowest BCUT2D eigenvalue weighted by Crippen LogP contribution is -1.97. The van der Waals surface area contributed by atoms with Gasteiger partial charge in [-0.25, -0.2) is 0 Å². The topological polar surface area (TPSA) is 18.5 Å². The third-order valence-corrected chi connectivity index (χ3v) is 4.11. The molecule has 0 saturated heterocycles.